The highest BCUT2D eigenvalue weighted by atomic mass is 19.4. The Labute approximate surface area is 182 Å². The van der Waals surface area contributed by atoms with Gasteiger partial charge in [-0.15, -0.1) is 0 Å². The van der Waals surface area contributed by atoms with Crippen molar-refractivity contribution in [3.8, 4) is 0 Å². The Balaban J connectivity index is 1.84. The van der Waals surface area contributed by atoms with Crippen LogP contribution in [0.5, 0.6) is 0 Å². The van der Waals surface area contributed by atoms with E-state index in [1.807, 2.05) is 0 Å². The molecule has 170 valence electrons. The minimum Gasteiger partial charge on any atom is -0.369 e. The molecular weight excluding hydrogens is 425 g/mol. The van der Waals surface area contributed by atoms with Crippen LogP contribution in [0.4, 0.5) is 36.3 Å². The Hall–Kier alpha value is -3.63. The van der Waals surface area contributed by atoms with Gasteiger partial charge in [0.15, 0.2) is 0 Å². The number of halogens is 3. The molecule has 0 saturated heterocycles. The monoisotopic (exact) mass is 448 g/mol. The lowest BCUT2D eigenvalue weighted by Gasteiger charge is -2.27. The maximum Gasteiger partial charge on any atom is 0.421 e. The lowest BCUT2D eigenvalue weighted by molar-refractivity contribution is -0.137. The number of carbonyl (C=O) groups excluding carboxylic acids is 2. The lowest BCUT2D eigenvalue weighted by atomic mass is 9.86. The molecule has 1 fully saturated rings. The molecule has 1 saturated carbocycles. The third-order valence-corrected chi connectivity index (χ3v) is 5.18. The van der Waals surface area contributed by atoms with E-state index in [9.17, 15) is 22.8 Å². The number of rotatable bonds is 7. The van der Waals surface area contributed by atoms with Crippen molar-refractivity contribution in [2.45, 2.75) is 37.9 Å². The number of nitrogens with two attached hydrogens (primary N) is 1. The number of amides is 2. The number of benzene rings is 1. The Morgan fingerprint density at radius 3 is 2.38 bits per heavy atom. The van der Waals surface area contributed by atoms with Gasteiger partial charge < -0.3 is 21.7 Å². The molecule has 5 N–H and O–H groups in total. The predicted octanol–water partition coefficient (Wildman–Crippen LogP) is 3.82. The molecule has 0 aliphatic heterocycles. The number of para-hydroxylation sites is 2. The summed E-state index contributed by atoms with van der Waals surface area (Å²) < 4.78 is 40.7. The number of primary amides is 1. The van der Waals surface area contributed by atoms with E-state index in [-0.39, 0.29) is 35.2 Å². The Morgan fingerprint density at radius 2 is 1.78 bits per heavy atom. The van der Waals surface area contributed by atoms with E-state index in [2.05, 4.69) is 32.5 Å². The van der Waals surface area contributed by atoms with E-state index in [1.54, 1.807) is 12.1 Å². The molecule has 3 rings (SSSR count). The molecule has 0 spiro atoms. The van der Waals surface area contributed by atoms with Crippen molar-refractivity contribution in [2.75, 3.05) is 16.0 Å². The molecule has 1 aromatic heterocycles. The molecule has 1 aliphatic carbocycles. The van der Waals surface area contributed by atoms with Crippen LogP contribution in [0, 0.1) is 5.92 Å². The molecule has 32 heavy (non-hydrogen) atoms. The van der Waals surface area contributed by atoms with E-state index in [0.717, 1.165) is 6.08 Å². The number of hydrogen-bond acceptors (Lipinski definition) is 6. The van der Waals surface area contributed by atoms with Gasteiger partial charge in [-0.1, -0.05) is 18.7 Å². The second-order valence-electron chi connectivity index (χ2n) is 7.41. The van der Waals surface area contributed by atoms with Crippen molar-refractivity contribution >= 4 is 35.0 Å². The number of nitrogens with one attached hydrogen (secondary N) is 3. The van der Waals surface area contributed by atoms with Crippen LogP contribution in [0.3, 0.4) is 0 Å². The second-order valence-corrected chi connectivity index (χ2v) is 7.41. The molecule has 2 aromatic rings. The minimum absolute atomic E-state index is 0.0237. The zero-order chi connectivity index (χ0) is 23.3. The normalized spacial score (nSPS) is 18.5. The van der Waals surface area contributed by atoms with Crippen LogP contribution in [0.25, 0.3) is 0 Å². The van der Waals surface area contributed by atoms with Crippen molar-refractivity contribution in [2.24, 2.45) is 11.7 Å². The molecule has 11 heteroatoms. The maximum atomic E-state index is 13.6. The first kappa shape index (κ1) is 23.0. The van der Waals surface area contributed by atoms with Gasteiger partial charge >= 0.3 is 6.18 Å². The average Bonchev–Trinajstić information content (AvgIpc) is 2.74. The quantitative estimate of drug-likeness (QED) is 0.478. The third kappa shape index (κ3) is 5.74. The van der Waals surface area contributed by atoms with Crippen LogP contribution >= 0.6 is 0 Å². The smallest absolute Gasteiger partial charge is 0.369 e. The summed E-state index contributed by atoms with van der Waals surface area (Å²) in [6, 6.07) is 6.20. The van der Waals surface area contributed by atoms with Crippen molar-refractivity contribution in [1.29, 1.82) is 0 Å². The molecule has 8 nitrogen and oxygen atoms in total. The SMILES string of the molecule is C=CC(=O)Nc1ccccc1Nc1nc(N[C@H]2CC[C@H](C(N)=O)CC2)ncc1C(F)(F)F. The molecule has 0 radical (unpaired) electrons. The number of alkyl halides is 3. The molecule has 0 unspecified atom stereocenters. The standard InChI is InChI=1S/C21H23F3N6O2/c1-2-17(31)28-15-5-3-4-6-16(15)29-19-14(21(22,23)24)11-26-20(30-19)27-13-9-7-12(8-10-13)18(25)32/h2-6,11-13H,1,7-10H2,(H2,25,32)(H,28,31)(H2,26,27,29,30)/t12-,13-. The van der Waals surface area contributed by atoms with Gasteiger partial charge in [0.1, 0.15) is 11.4 Å². The van der Waals surface area contributed by atoms with Crippen LogP contribution in [-0.2, 0) is 15.8 Å². The number of anilines is 4. The van der Waals surface area contributed by atoms with Crippen LogP contribution in [0.15, 0.2) is 43.1 Å². The summed E-state index contributed by atoms with van der Waals surface area (Å²) in [6.07, 6.45) is -0.506. The first-order chi connectivity index (χ1) is 15.2. The highest BCUT2D eigenvalue weighted by Gasteiger charge is 2.36. The molecule has 1 heterocycles. The second kappa shape index (κ2) is 9.67. The van der Waals surface area contributed by atoms with Crippen LogP contribution in [0.2, 0.25) is 0 Å². The first-order valence-electron chi connectivity index (χ1n) is 9.97. The summed E-state index contributed by atoms with van der Waals surface area (Å²) >= 11 is 0. The van der Waals surface area contributed by atoms with Gasteiger partial charge in [-0.05, 0) is 43.9 Å². The number of hydrogen-bond donors (Lipinski definition) is 4. The number of nitrogens with zero attached hydrogens (tertiary/aromatic N) is 2. The Bertz CT molecular complexity index is 1000. The molecule has 2 amide bonds. The van der Waals surface area contributed by atoms with Gasteiger partial charge in [0.2, 0.25) is 17.8 Å². The fourth-order valence-electron chi connectivity index (χ4n) is 3.47. The summed E-state index contributed by atoms with van der Waals surface area (Å²) in [5.41, 5.74) is 4.77. The van der Waals surface area contributed by atoms with Gasteiger partial charge in [0.05, 0.1) is 11.4 Å². The maximum absolute atomic E-state index is 13.6. The fourth-order valence-corrected chi connectivity index (χ4v) is 3.47. The van der Waals surface area contributed by atoms with Crippen molar-refractivity contribution in [1.82, 2.24) is 9.97 Å². The fraction of sp³-hybridized carbons (Fsp3) is 0.333. The Kier molecular flexibility index (Phi) is 6.96. The van der Waals surface area contributed by atoms with Gasteiger partial charge in [-0.2, -0.15) is 18.2 Å². The minimum atomic E-state index is -4.69. The van der Waals surface area contributed by atoms with Crippen molar-refractivity contribution in [3.63, 3.8) is 0 Å². The Morgan fingerprint density at radius 1 is 1.12 bits per heavy atom. The van der Waals surface area contributed by atoms with Crippen LogP contribution < -0.4 is 21.7 Å². The number of aromatic nitrogens is 2. The van der Waals surface area contributed by atoms with Gasteiger partial charge in [0.25, 0.3) is 0 Å². The van der Waals surface area contributed by atoms with E-state index < -0.39 is 23.5 Å². The van der Waals surface area contributed by atoms with E-state index >= 15 is 0 Å². The average molecular weight is 448 g/mol. The van der Waals surface area contributed by atoms with Crippen LogP contribution in [-0.4, -0.2) is 27.8 Å². The molecular formula is C21H23F3N6O2. The summed E-state index contributed by atoms with van der Waals surface area (Å²) in [6.45, 7) is 3.36. The highest BCUT2D eigenvalue weighted by molar-refractivity contribution is 6.01. The molecule has 1 aliphatic rings. The predicted molar refractivity (Wildman–Crippen MR) is 114 cm³/mol. The van der Waals surface area contributed by atoms with Gasteiger partial charge in [-0.3, -0.25) is 9.59 Å². The van der Waals surface area contributed by atoms with E-state index in [1.165, 1.54) is 12.1 Å². The van der Waals surface area contributed by atoms with Gasteiger partial charge in [-0.25, -0.2) is 4.98 Å². The van der Waals surface area contributed by atoms with Crippen molar-refractivity contribution in [3.05, 3.63) is 48.7 Å². The number of carbonyl (C=O) groups is 2. The van der Waals surface area contributed by atoms with Gasteiger partial charge in [0, 0.05) is 18.2 Å². The topological polar surface area (TPSA) is 122 Å². The summed E-state index contributed by atoms with van der Waals surface area (Å²) in [7, 11) is 0. The summed E-state index contributed by atoms with van der Waals surface area (Å²) in [4.78, 5) is 30.8. The molecule has 0 bridgehead atoms. The van der Waals surface area contributed by atoms with E-state index in [0.29, 0.717) is 31.9 Å². The lowest BCUT2D eigenvalue weighted by Crippen LogP contribution is -2.33. The first-order valence-corrected chi connectivity index (χ1v) is 9.97. The third-order valence-electron chi connectivity index (χ3n) is 5.18. The summed E-state index contributed by atoms with van der Waals surface area (Å²) in [5.74, 6) is -1.48. The zero-order valence-electron chi connectivity index (χ0n) is 17.1. The highest BCUT2D eigenvalue weighted by Crippen LogP contribution is 2.36. The van der Waals surface area contributed by atoms with E-state index in [4.69, 9.17) is 5.73 Å². The van der Waals surface area contributed by atoms with Crippen LogP contribution in [0.1, 0.15) is 31.2 Å². The molecule has 0 atom stereocenters. The zero-order valence-corrected chi connectivity index (χ0v) is 17.1. The summed E-state index contributed by atoms with van der Waals surface area (Å²) in [5, 5.41) is 8.23. The largest absolute Gasteiger partial charge is 0.421 e. The van der Waals surface area contributed by atoms with Crippen molar-refractivity contribution < 1.29 is 22.8 Å². The molecule has 1 aromatic carbocycles.